The Morgan fingerprint density at radius 3 is 2.58 bits per heavy atom. The van der Waals surface area contributed by atoms with Crippen LogP contribution in [-0.2, 0) is 9.63 Å². The summed E-state index contributed by atoms with van der Waals surface area (Å²) < 4.78 is 0. The van der Waals surface area contributed by atoms with Crippen molar-refractivity contribution in [3.8, 4) is 0 Å². The molecule has 1 atom stereocenters. The van der Waals surface area contributed by atoms with E-state index in [4.69, 9.17) is 9.94 Å². The Hall–Kier alpha value is -0.610. The quantitative estimate of drug-likeness (QED) is 0.628. The van der Waals surface area contributed by atoms with E-state index in [2.05, 4.69) is 0 Å². The van der Waals surface area contributed by atoms with E-state index in [1.807, 2.05) is 7.05 Å². The lowest BCUT2D eigenvalue weighted by molar-refractivity contribution is -0.196. The molecule has 4 heteroatoms. The molecule has 0 aromatic heterocycles. The lowest BCUT2D eigenvalue weighted by atomic mass is 9.74. The molecule has 0 bridgehead atoms. The highest BCUT2D eigenvalue weighted by molar-refractivity contribution is 5.72. The van der Waals surface area contributed by atoms with Gasteiger partial charge in [0.1, 0.15) is 0 Å². The van der Waals surface area contributed by atoms with Gasteiger partial charge in [0.2, 0.25) is 0 Å². The molecule has 2 aliphatic rings. The Labute approximate surface area is 71.1 Å². The van der Waals surface area contributed by atoms with Gasteiger partial charge in [-0.25, -0.2) is 4.79 Å². The number of carboxylic acids is 1. The normalized spacial score (nSPS) is 33.6. The monoisotopic (exact) mass is 171 g/mol. The van der Waals surface area contributed by atoms with Crippen molar-refractivity contribution in [2.45, 2.75) is 37.3 Å². The molecule has 12 heavy (non-hydrogen) atoms. The molecule has 1 aliphatic heterocycles. The van der Waals surface area contributed by atoms with E-state index in [1.54, 1.807) is 5.06 Å². The second kappa shape index (κ2) is 2.44. The van der Waals surface area contributed by atoms with Gasteiger partial charge in [-0.1, -0.05) is 0 Å². The van der Waals surface area contributed by atoms with Gasteiger partial charge in [0.25, 0.3) is 0 Å². The van der Waals surface area contributed by atoms with Crippen LogP contribution >= 0.6 is 0 Å². The third-order valence-electron chi connectivity index (χ3n) is 3.08. The second-order valence-electron chi connectivity index (χ2n) is 3.71. The summed E-state index contributed by atoms with van der Waals surface area (Å²) in [5.74, 6) is -0.842. The summed E-state index contributed by atoms with van der Waals surface area (Å²) in [6, 6.07) is 0. The first-order chi connectivity index (χ1) is 5.64. The summed E-state index contributed by atoms with van der Waals surface area (Å²) in [5.41, 5.74) is 0.0586. The van der Waals surface area contributed by atoms with Gasteiger partial charge in [0.05, 0.1) is 0 Å². The first kappa shape index (κ1) is 8.01. The van der Waals surface area contributed by atoms with E-state index in [0.717, 1.165) is 12.8 Å². The van der Waals surface area contributed by atoms with Crippen molar-refractivity contribution in [1.29, 1.82) is 0 Å². The number of carbonyl (C=O) groups is 1. The summed E-state index contributed by atoms with van der Waals surface area (Å²) in [7, 11) is 1.84. The van der Waals surface area contributed by atoms with Crippen LogP contribution in [0.1, 0.15) is 25.7 Å². The van der Waals surface area contributed by atoms with E-state index in [1.165, 1.54) is 6.42 Å². The first-order valence-electron chi connectivity index (χ1n) is 4.27. The molecule has 2 fully saturated rings. The van der Waals surface area contributed by atoms with Gasteiger partial charge >= 0.3 is 5.97 Å². The highest BCUT2D eigenvalue weighted by Crippen LogP contribution is 2.45. The summed E-state index contributed by atoms with van der Waals surface area (Å²) >= 11 is 0. The molecule has 4 nitrogen and oxygen atoms in total. The maximum Gasteiger partial charge on any atom is 0.335 e. The van der Waals surface area contributed by atoms with Crippen LogP contribution in [0.2, 0.25) is 0 Å². The Morgan fingerprint density at radius 2 is 2.33 bits per heavy atom. The molecule has 2 rings (SSSR count). The van der Waals surface area contributed by atoms with Gasteiger partial charge in [-0.05, 0) is 19.3 Å². The van der Waals surface area contributed by atoms with Gasteiger partial charge in [0.15, 0.2) is 6.10 Å². The van der Waals surface area contributed by atoms with Crippen molar-refractivity contribution in [2.24, 2.45) is 0 Å². The minimum Gasteiger partial charge on any atom is -0.479 e. The topological polar surface area (TPSA) is 49.8 Å². The number of hydroxylamine groups is 2. The number of rotatable bonds is 1. The van der Waals surface area contributed by atoms with E-state index in [0.29, 0.717) is 6.42 Å². The Bertz CT molecular complexity index is 212. The predicted octanol–water partition coefficient (Wildman–Crippen LogP) is 0.629. The molecule has 68 valence electrons. The van der Waals surface area contributed by atoms with Crippen molar-refractivity contribution in [1.82, 2.24) is 5.06 Å². The maximum atomic E-state index is 10.6. The Balaban J connectivity index is 2.07. The smallest absolute Gasteiger partial charge is 0.335 e. The van der Waals surface area contributed by atoms with Gasteiger partial charge in [-0.15, -0.1) is 0 Å². The molecule has 1 aliphatic carbocycles. The number of nitrogens with zero attached hydrogens (tertiary/aromatic N) is 1. The lowest BCUT2D eigenvalue weighted by Gasteiger charge is -2.41. The molecule has 1 saturated carbocycles. The highest BCUT2D eigenvalue weighted by Gasteiger charge is 2.51. The average molecular weight is 171 g/mol. The summed E-state index contributed by atoms with van der Waals surface area (Å²) in [6.07, 6.45) is 3.38. The van der Waals surface area contributed by atoms with Crippen LogP contribution in [0.25, 0.3) is 0 Å². The van der Waals surface area contributed by atoms with Crippen molar-refractivity contribution >= 4 is 5.97 Å². The number of carboxylic acid groups (broad SMARTS) is 1. The fourth-order valence-corrected chi connectivity index (χ4v) is 2.05. The fourth-order valence-electron chi connectivity index (χ4n) is 2.05. The minimum absolute atomic E-state index is 0.0586. The largest absolute Gasteiger partial charge is 0.479 e. The van der Waals surface area contributed by atoms with Crippen molar-refractivity contribution < 1.29 is 14.7 Å². The zero-order chi connectivity index (χ0) is 8.77. The molecular weight excluding hydrogens is 158 g/mol. The van der Waals surface area contributed by atoms with Crippen molar-refractivity contribution in [3.63, 3.8) is 0 Å². The van der Waals surface area contributed by atoms with E-state index in [9.17, 15) is 4.79 Å². The fraction of sp³-hybridized carbons (Fsp3) is 0.875. The maximum absolute atomic E-state index is 10.6. The molecule has 1 heterocycles. The predicted molar refractivity (Wildman–Crippen MR) is 41.5 cm³/mol. The van der Waals surface area contributed by atoms with Crippen molar-refractivity contribution in [2.75, 3.05) is 7.05 Å². The van der Waals surface area contributed by atoms with E-state index >= 15 is 0 Å². The minimum atomic E-state index is -0.842. The molecule has 0 amide bonds. The molecule has 1 saturated heterocycles. The molecule has 0 unspecified atom stereocenters. The Kier molecular flexibility index (Phi) is 1.63. The van der Waals surface area contributed by atoms with Gasteiger partial charge < -0.3 is 5.11 Å². The SMILES string of the molecule is CN1O[C@@H](C(=O)O)CC12CCC2. The van der Waals surface area contributed by atoms with Crippen LogP contribution < -0.4 is 0 Å². The standard InChI is InChI=1S/C8H13NO3/c1-9-8(3-2-4-8)5-6(12-9)7(10)11/h6H,2-5H2,1H3,(H,10,11)/t6-/m1/s1. The molecular formula is C8H13NO3. The van der Waals surface area contributed by atoms with Crippen LogP contribution in [0.5, 0.6) is 0 Å². The first-order valence-corrected chi connectivity index (χ1v) is 4.27. The number of aliphatic carboxylic acids is 1. The third kappa shape index (κ3) is 0.949. The summed E-state index contributed by atoms with van der Waals surface area (Å²) in [6.45, 7) is 0. The average Bonchev–Trinajstić information content (AvgIpc) is 2.25. The van der Waals surface area contributed by atoms with Crippen LogP contribution in [0.3, 0.4) is 0 Å². The molecule has 0 aromatic carbocycles. The highest BCUT2D eigenvalue weighted by atomic mass is 16.7. The van der Waals surface area contributed by atoms with E-state index in [-0.39, 0.29) is 5.54 Å². The van der Waals surface area contributed by atoms with Crippen LogP contribution in [-0.4, -0.2) is 34.8 Å². The zero-order valence-corrected chi connectivity index (χ0v) is 7.12. The molecule has 0 radical (unpaired) electrons. The van der Waals surface area contributed by atoms with Crippen molar-refractivity contribution in [3.05, 3.63) is 0 Å². The van der Waals surface area contributed by atoms with Gasteiger partial charge in [-0.3, -0.25) is 4.84 Å². The summed E-state index contributed by atoms with van der Waals surface area (Å²) in [4.78, 5) is 15.8. The van der Waals surface area contributed by atoms with Gasteiger partial charge in [0, 0.05) is 19.0 Å². The second-order valence-corrected chi connectivity index (χ2v) is 3.71. The van der Waals surface area contributed by atoms with Gasteiger partial charge in [-0.2, -0.15) is 5.06 Å². The van der Waals surface area contributed by atoms with Crippen LogP contribution in [0.4, 0.5) is 0 Å². The molecule has 0 aromatic rings. The third-order valence-corrected chi connectivity index (χ3v) is 3.08. The summed E-state index contributed by atoms with van der Waals surface area (Å²) in [5, 5.41) is 10.5. The number of hydrogen-bond donors (Lipinski definition) is 1. The van der Waals surface area contributed by atoms with E-state index < -0.39 is 12.1 Å². The lowest BCUT2D eigenvalue weighted by Crippen LogP contribution is -2.46. The zero-order valence-electron chi connectivity index (χ0n) is 7.12. The molecule has 1 N–H and O–H groups in total. The molecule has 1 spiro atoms. The number of hydrogen-bond acceptors (Lipinski definition) is 3. The van der Waals surface area contributed by atoms with Crippen LogP contribution in [0.15, 0.2) is 0 Å². The Morgan fingerprint density at radius 1 is 1.67 bits per heavy atom. The van der Waals surface area contributed by atoms with Crippen LogP contribution in [0, 0.1) is 0 Å².